The highest BCUT2D eigenvalue weighted by Crippen LogP contribution is 2.07. The number of hydrogen-bond donors (Lipinski definition) is 0. The van der Waals surface area contributed by atoms with E-state index in [9.17, 15) is 10.1 Å². The van der Waals surface area contributed by atoms with Crippen molar-refractivity contribution < 1.29 is 4.69 Å². The van der Waals surface area contributed by atoms with Crippen LogP contribution in [0.5, 0.6) is 0 Å². The second kappa shape index (κ2) is 3.28. The van der Waals surface area contributed by atoms with Gasteiger partial charge in [-0.2, -0.15) is 0 Å². The number of nitro groups is 1. The van der Waals surface area contributed by atoms with Crippen LogP contribution in [-0.2, 0) is 0 Å². The molecule has 0 fully saturated rings. The Bertz CT molecular complexity index is 224. The quantitative estimate of drug-likeness (QED) is 0.367. The van der Waals surface area contributed by atoms with E-state index in [-0.39, 0.29) is 13.4 Å². The van der Waals surface area contributed by atoms with Gasteiger partial charge >= 0.3 is 8.73 Å². The van der Waals surface area contributed by atoms with Crippen LogP contribution >= 0.6 is 8.73 Å². The molecule has 0 N–H and O–H groups in total. The molecule has 51 valence electrons. The van der Waals surface area contributed by atoms with E-state index in [1.54, 1.807) is 24.3 Å². The van der Waals surface area contributed by atoms with Gasteiger partial charge in [-0.05, 0) is 12.1 Å². The van der Waals surface area contributed by atoms with Crippen LogP contribution in [0.15, 0.2) is 30.3 Å². The Morgan fingerprint density at radius 2 is 1.90 bits per heavy atom. The molecule has 1 aromatic rings. The van der Waals surface area contributed by atoms with Gasteiger partial charge < -0.3 is 0 Å². The summed E-state index contributed by atoms with van der Waals surface area (Å²) >= 11 is 0. The van der Waals surface area contributed by atoms with Crippen molar-refractivity contribution in [1.82, 2.24) is 0 Å². The Balaban J connectivity index is 2.67. The van der Waals surface area contributed by atoms with Crippen LogP contribution in [0, 0.1) is 10.1 Å². The van der Waals surface area contributed by atoms with Crippen molar-refractivity contribution >= 4 is 14.0 Å². The molecule has 0 aliphatic carbocycles. The highest BCUT2D eigenvalue weighted by Gasteiger charge is 2.03. The van der Waals surface area contributed by atoms with Crippen molar-refractivity contribution in [1.29, 1.82) is 0 Å². The average Bonchev–Trinajstić information content (AvgIpc) is 1.88. The first kappa shape index (κ1) is 7.16. The lowest BCUT2D eigenvalue weighted by Gasteiger charge is -1.87. The lowest BCUT2D eigenvalue weighted by Crippen LogP contribution is -1.95. The Kier molecular flexibility index (Phi) is 2.35. The molecule has 1 aromatic carbocycles. The third-order valence-electron chi connectivity index (χ3n) is 0.953. The van der Waals surface area contributed by atoms with E-state index < -0.39 is 0 Å². The zero-order valence-electron chi connectivity index (χ0n) is 5.10. The molecule has 0 saturated heterocycles. The van der Waals surface area contributed by atoms with Crippen LogP contribution < -0.4 is 5.30 Å². The van der Waals surface area contributed by atoms with Crippen LogP contribution in [0.3, 0.4) is 0 Å². The third kappa shape index (κ3) is 2.11. The highest BCUT2D eigenvalue weighted by atomic mass is 31.1. The van der Waals surface area contributed by atoms with Crippen LogP contribution in [0.4, 0.5) is 0 Å². The van der Waals surface area contributed by atoms with E-state index in [2.05, 4.69) is 0 Å². The van der Waals surface area contributed by atoms with E-state index in [4.69, 9.17) is 0 Å². The molecule has 0 aromatic heterocycles. The minimum absolute atomic E-state index is 0.152. The normalized spacial score (nSPS) is 10.4. The maximum absolute atomic E-state index is 9.96. The van der Waals surface area contributed by atoms with Crippen LogP contribution in [0.1, 0.15) is 0 Å². The minimum atomic E-state index is -0.366. The first-order valence-corrected chi connectivity index (χ1v) is 3.55. The van der Waals surface area contributed by atoms with Gasteiger partial charge in [0.05, 0.1) is 10.00 Å². The molecule has 0 atom stereocenters. The molecule has 0 aliphatic heterocycles. The number of rotatable bonds is 2. The van der Waals surface area contributed by atoms with Crippen LogP contribution in [0.25, 0.3) is 0 Å². The summed E-state index contributed by atoms with van der Waals surface area (Å²) in [6.45, 7) is 0. The van der Waals surface area contributed by atoms with Gasteiger partial charge in [-0.1, -0.05) is 18.2 Å². The van der Waals surface area contributed by atoms with E-state index in [0.29, 0.717) is 5.30 Å². The molecule has 0 amide bonds. The molecule has 10 heavy (non-hydrogen) atoms. The molecule has 1 rings (SSSR count). The van der Waals surface area contributed by atoms with Gasteiger partial charge in [0.25, 0.3) is 0 Å². The van der Waals surface area contributed by atoms with Crippen molar-refractivity contribution in [2.75, 3.05) is 0 Å². The van der Waals surface area contributed by atoms with Crippen molar-refractivity contribution in [2.24, 2.45) is 0 Å². The molecular formula is C6H5NO2P. The second-order valence-corrected chi connectivity index (χ2v) is 2.72. The third-order valence-corrected chi connectivity index (χ3v) is 1.65. The van der Waals surface area contributed by atoms with E-state index in [0.717, 1.165) is 0 Å². The predicted molar refractivity (Wildman–Crippen MR) is 40.0 cm³/mol. The molecule has 0 spiro atoms. The molecular weight excluding hydrogens is 149 g/mol. The Morgan fingerprint density at radius 3 is 2.40 bits per heavy atom. The summed E-state index contributed by atoms with van der Waals surface area (Å²) in [5.41, 5.74) is 0. The van der Waals surface area contributed by atoms with E-state index >= 15 is 0 Å². The maximum atomic E-state index is 9.96. The fraction of sp³-hybridized carbons (Fsp3) is 0. The van der Waals surface area contributed by atoms with Gasteiger partial charge in [-0.25, -0.2) is 0 Å². The average molecular weight is 154 g/mol. The zero-order chi connectivity index (χ0) is 7.40. The minimum Gasteiger partial charge on any atom is -0.263 e. The summed E-state index contributed by atoms with van der Waals surface area (Å²) in [5, 5.41) is 10.7. The number of nitrogens with zero attached hydrogens (tertiary/aromatic N) is 1. The summed E-state index contributed by atoms with van der Waals surface area (Å²) in [6.07, 6.45) is 0. The van der Waals surface area contributed by atoms with Gasteiger partial charge in [0.15, 0.2) is 0 Å². The van der Waals surface area contributed by atoms with Gasteiger partial charge in [0.2, 0.25) is 0 Å². The second-order valence-electron chi connectivity index (χ2n) is 1.67. The van der Waals surface area contributed by atoms with Crippen LogP contribution in [-0.4, -0.2) is 4.69 Å². The smallest absolute Gasteiger partial charge is 0.263 e. The number of benzene rings is 1. The zero-order valence-corrected chi connectivity index (χ0v) is 5.99. The standard InChI is InChI=1S/C6H5NO2P/c8-7(9)10-6-4-2-1-3-5-6/h1-5H. The topological polar surface area (TPSA) is 43.1 Å². The van der Waals surface area contributed by atoms with E-state index in [1.807, 2.05) is 6.07 Å². The Hall–Kier alpha value is -0.950. The van der Waals surface area contributed by atoms with Crippen molar-refractivity contribution in [3.05, 3.63) is 40.4 Å². The molecule has 0 aliphatic rings. The lowest BCUT2D eigenvalue weighted by molar-refractivity contribution is -0.293. The molecule has 3 nitrogen and oxygen atoms in total. The largest absolute Gasteiger partial charge is 0.384 e. The fourth-order valence-electron chi connectivity index (χ4n) is 0.589. The summed E-state index contributed by atoms with van der Waals surface area (Å²) in [4.78, 5) is 9.96. The Morgan fingerprint density at radius 1 is 1.30 bits per heavy atom. The van der Waals surface area contributed by atoms with E-state index in [1.165, 1.54) is 0 Å². The molecule has 0 unspecified atom stereocenters. The summed E-state index contributed by atoms with van der Waals surface area (Å²) in [6, 6.07) is 8.85. The maximum Gasteiger partial charge on any atom is 0.384 e. The van der Waals surface area contributed by atoms with Crippen molar-refractivity contribution in [3.63, 3.8) is 0 Å². The molecule has 1 radical (unpaired) electrons. The van der Waals surface area contributed by atoms with Gasteiger partial charge in [-0.15, -0.1) is 0 Å². The van der Waals surface area contributed by atoms with Crippen molar-refractivity contribution in [3.8, 4) is 0 Å². The molecule has 0 saturated carbocycles. The summed E-state index contributed by atoms with van der Waals surface area (Å²) < 4.78 is -0.366. The number of hydrogen-bond acceptors (Lipinski definition) is 2. The SMILES string of the molecule is O=[N+]([O-])[P]c1ccccc1. The van der Waals surface area contributed by atoms with Crippen LogP contribution in [0.2, 0.25) is 0 Å². The molecule has 0 heterocycles. The Labute approximate surface area is 60.1 Å². The van der Waals surface area contributed by atoms with Gasteiger partial charge in [0, 0.05) is 0 Å². The van der Waals surface area contributed by atoms with Gasteiger partial charge in [0.1, 0.15) is 0 Å². The van der Waals surface area contributed by atoms with Crippen molar-refractivity contribution in [2.45, 2.75) is 0 Å². The van der Waals surface area contributed by atoms with Gasteiger partial charge in [-0.3, -0.25) is 10.1 Å². The molecule has 0 bridgehead atoms. The lowest BCUT2D eigenvalue weighted by atomic mass is 10.4. The first-order valence-electron chi connectivity index (χ1n) is 2.70. The predicted octanol–water partition coefficient (Wildman–Crippen LogP) is 1.45. The molecule has 4 heteroatoms. The fourth-order valence-corrected chi connectivity index (χ4v) is 1.08. The first-order chi connectivity index (χ1) is 4.79. The summed E-state index contributed by atoms with van der Waals surface area (Å²) in [7, 11) is 0.152. The summed E-state index contributed by atoms with van der Waals surface area (Å²) in [5.74, 6) is 0. The monoisotopic (exact) mass is 154 g/mol. The highest BCUT2D eigenvalue weighted by molar-refractivity contribution is 7.40.